The van der Waals surface area contributed by atoms with E-state index in [0.29, 0.717) is 5.56 Å². The van der Waals surface area contributed by atoms with Crippen LogP contribution in [0.1, 0.15) is 11.5 Å². The van der Waals surface area contributed by atoms with Crippen LogP contribution in [0.5, 0.6) is 0 Å². The normalized spacial score (nSPS) is 32.8. The van der Waals surface area contributed by atoms with Crippen molar-refractivity contribution in [3.63, 3.8) is 0 Å². The lowest BCUT2D eigenvalue weighted by molar-refractivity contribution is -0.230. The van der Waals surface area contributed by atoms with Gasteiger partial charge in [-0.25, -0.2) is 0 Å². The molecule has 0 spiro atoms. The molecular weight excluding hydrogens is 356 g/mol. The fraction of sp³-hybridized carbons (Fsp3) is 0.500. The Balaban J connectivity index is 0.00000242. The number of hydrogen-bond donors (Lipinski definition) is 6. The minimum absolute atomic E-state index is 0. The Hall–Kier alpha value is -1.03. The standard InChI is InChI=1S/C14H20N2O5.BrH/c15-14(16)9(7-4-2-1-3-5-7)13-12(20)11(19)10(18)8(6-17)21-13;/h1-5,8-13,17-20H,6H2,(H3,15,16);1H/t8-,9?,10-,11+,12-,13-;/m1./s1. The number of amidine groups is 1. The van der Waals surface area contributed by atoms with Crippen molar-refractivity contribution in [1.29, 1.82) is 5.41 Å². The average Bonchev–Trinajstić information content (AvgIpc) is 2.48. The molecule has 6 atom stereocenters. The quantitative estimate of drug-likeness (QED) is 0.298. The van der Waals surface area contributed by atoms with Crippen LogP contribution in [-0.2, 0) is 4.74 Å². The number of benzene rings is 1. The molecule has 1 unspecified atom stereocenters. The number of aliphatic hydroxyl groups is 4. The molecule has 7 N–H and O–H groups in total. The van der Waals surface area contributed by atoms with Gasteiger partial charge >= 0.3 is 0 Å². The molecule has 7 nitrogen and oxygen atoms in total. The second-order valence-electron chi connectivity index (χ2n) is 5.14. The summed E-state index contributed by atoms with van der Waals surface area (Å²) in [5.41, 5.74) is 6.26. The summed E-state index contributed by atoms with van der Waals surface area (Å²) in [6.45, 7) is -0.513. The van der Waals surface area contributed by atoms with Crippen LogP contribution >= 0.6 is 17.0 Å². The predicted molar refractivity (Wildman–Crippen MR) is 85.2 cm³/mol. The number of halogens is 1. The molecule has 1 aromatic rings. The lowest BCUT2D eigenvalue weighted by Crippen LogP contribution is -2.61. The largest absolute Gasteiger partial charge is 0.394 e. The highest BCUT2D eigenvalue weighted by atomic mass is 79.9. The van der Waals surface area contributed by atoms with E-state index in [2.05, 4.69) is 0 Å². The number of nitrogens with two attached hydrogens (primary N) is 1. The number of hydrogen-bond acceptors (Lipinski definition) is 6. The molecule has 0 radical (unpaired) electrons. The molecule has 8 heteroatoms. The third-order valence-electron chi connectivity index (χ3n) is 3.75. The minimum atomic E-state index is -1.48. The smallest absolute Gasteiger partial charge is 0.111 e. The first kappa shape index (κ1) is 19.0. The molecule has 1 fully saturated rings. The van der Waals surface area contributed by atoms with E-state index < -0.39 is 43.0 Å². The first-order valence-electron chi connectivity index (χ1n) is 6.66. The number of ether oxygens (including phenoxy) is 1. The Bertz CT molecular complexity index is 487. The molecule has 0 aromatic heterocycles. The maximum absolute atomic E-state index is 10.1. The van der Waals surface area contributed by atoms with Crippen molar-refractivity contribution in [2.45, 2.75) is 36.4 Å². The second-order valence-corrected chi connectivity index (χ2v) is 5.14. The van der Waals surface area contributed by atoms with E-state index in [1.165, 1.54) is 0 Å². The zero-order valence-corrected chi connectivity index (χ0v) is 13.5. The van der Waals surface area contributed by atoms with E-state index in [4.69, 9.17) is 15.9 Å². The summed E-state index contributed by atoms with van der Waals surface area (Å²) in [5, 5.41) is 46.7. The molecule has 124 valence electrons. The van der Waals surface area contributed by atoms with E-state index >= 15 is 0 Å². The van der Waals surface area contributed by atoms with Gasteiger partial charge in [0.15, 0.2) is 0 Å². The highest BCUT2D eigenvalue weighted by Gasteiger charge is 2.47. The third-order valence-corrected chi connectivity index (χ3v) is 3.75. The lowest BCUT2D eigenvalue weighted by Gasteiger charge is -2.43. The van der Waals surface area contributed by atoms with E-state index in [9.17, 15) is 20.4 Å². The molecular formula is C14H21BrN2O5. The first-order chi connectivity index (χ1) is 9.97. The van der Waals surface area contributed by atoms with Gasteiger partial charge in [-0.05, 0) is 5.56 Å². The van der Waals surface area contributed by atoms with Gasteiger partial charge < -0.3 is 30.9 Å². The molecule has 0 aliphatic carbocycles. The highest BCUT2D eigenvalue weighted by molar-refractivity contribution is 8.93. The Morgan fingerprint density at radius 1 is 1.14 bits per heavy atom. The van der Waals surface area contributed by atoms with Crippen molar-refractivity contribution in [2.24, 2.45) is 5.73 Å². The van der Waals surface area contributed by atoms with Crippen LogP contribution in [0.15, 0.2) is 30.3 Å². The molecule has 1 saturated heterocycles. The van der Waals surface area contributed by atoms with Gasteiger partial charge in [-0.2, -0.15) is 0 Å². The Kier molecular flexibility index (Phi) is 6.92. The van der Waals surface area contributed by atoms with Gasteiger partial charge in [0.05, 0.1) is 12.5 Å². The Labute approximate surface area is 138 Å². The monoisotopic (exact) mass is 376 g/mol. The van der Waals surface area contributed by atoms with Gasteiger partial charge in [0, 0.05) is 0 Å². The van der Waals surface area contributed by atoms with Crippen LogP contribution in [0.2, 0.25) is 0 Å². The van der Waals surface area contributed by atoms with Crippen molar-refractivity contribution >= 4 is 22.8 Å². The van der Waals surface area contributed by atoms with E-state index in [-0.39, 0.29) is 22.8 Å². The molecule has 0 saturated carbocycles. The van der Waals surface area contributed by atoms with Gasteiger partial charge in [0.25, 0.3) is 0 Å². The van der Waals surface area contributed by atoms with Crippen molar-refractivity contribution in [3.05, 3.63) is 35.9 Å². The maximum atomic E-state index is 10.1. The molecule has 1 heterocycles. The fourth-order valence-electron chi connectivity index (χ4n) is 2.61. The number of aliphatic hydroxyl groups excluding tert-OH is 4. The summed E-state index contributed by atoms with van der Waals surface area (Å²) in [5.74, 6) is -1.01. The van der Waals surface area contributed by atoms with Crippen molar-refractivity contribution in [1.82, 2.24) is 0 Å². The van der Waals surface area contributed by atoms with Crippen LogP contribution < -0.4 is 5.73 Å². The van der Waals surface area contributed by atoms with Gasteiger partial charge in [-0.15, -0.1) is 17.0 Å². The van der Waals surface area contributed by atoms with Crippen LogP contribution in [0.25, 0.3) is 0 Å². The SMILES string of the molecule is Br.N=C(N)C(c1ccccc1)[C@H]1O[C@H](CO)[C@@H](O)[C@H](O)[C@H]1O. The molecule has 0 amide bonds. The van der Waals surface area contributed by atoms with Gasteiger partial charge in [0.1, 0.15) is 36.4 Å². The van der Waals surface area contributed by atoms with Gasteiger partial charge in [-0.3, -0.25) is 5.41 Å². The number of rotatable bonds is 4. The fourth-order valence-corrected chi connectivity index (χ4v) is 2.61. The third kappa shape index (κ3) is 3.65. The molecule has 0 bridgehead atoms. The first-order valence-corrected chi connectivity index (χ1v) is 6.66. The van der Waals surface area contributed by atoms with E-state index in [0.717, 1.165) is 0 Å². The van der Waals surface area contributed by atoms with Crippen LogP contribution in [-0.4, -0.2) is 63.4 Å². The highest BCUT2D eigenvalue weighted by Crippen LogP contribution is 2.31. The summed E-state index contributed by atoms with van der Waals surface area (Å²) in [7, 11) is 0. The van der Waals surface area contributed by atoms with Crippen LogP contribution in [0, 0.1) is 5.41 Å². The Morgan fingerprint density at radius 3 is 2.23 bits per heavy atom. The lowest BCUT2D eigenvalue weighted by atomic mass is 9.83. The molecule has 2 rings (SSSR count). The maximum Gasteiger partial charge on any atom is 0.111 e. The molecule has 1 aliphatic rings. The topological polar surface area (TPSA) is 140 Å². The summed E-state index contributed by atoms with van der Waals surface area (Å²) in [4.78, 5) is 0. The zero-order chi connectivity index (χ0) is 15.6. The van der Waals surface area contributed by atoms with E-state index in [1.54, 1.807) is 30.3 Å². The second kappa shape index (κ2) is 8.00. The summed E-state index contributed by atoms with van der Waals surface area (Å²) in [6.07, 6.45) is -6.37. The van der Waals surface area contributed by atoms with Crippen LogP contribution in [0.3, 0.4) is 0 Å². The summed E-state index contributed by atoms with van der Waals surface area (Å²) >= 11 is 0. The van der Waals surface area contributed by atoms with Crippen LogP contribution in [0.4, 0.5) is 0 Å². The van der Waals surface area contributed by atoms with E-state index in [1.807, 2.05) is 0 Å². The number of nitrogens with one attached hydrogen (secondary N) is 1. The van der Waals surface area contributed by atoms with Crippen molar-refractivity contribution in [2.75, 3.05) is 6.61 Å². The summed E-state index contributed by atoms with van der Waals surface area (Å²) in [6, 6.07) is 8.78. The average molecular weight is 377 g/mol. The van der Waals surface area contributed by atoms with Gasteiger partial charge in [0.2, 0.25) is 0 Å². The van der Waals surface area contributed by atoms with Gasteiger partial charge in [-0.1, -0.05) is 30.3 Å². The minimum Gasteiger partial charge on any atom is -0.394 e. The molecule has 22 heavy (non-hydrogen) atoms. The summed E-state index contributed by atoms with van der Waals surface area (Å²) < 4.78 is 5.48. The molecule has 1 aromatic carbocycles. The zero-order valence-electron chi connectivity index (χ0n) is 11.7. The Morgan fingerprint density at radius 2 is 1.73 bits per heavy atom. The van der Waals surface area contributed by atoms with Crippen molar-refractivity contribution < 1.29 is 25.2 Å². The van der Waals surface area contributed by atoms with Crippen molar-refractivity contribution in [3.8, 4) is 0 Å². The predicted octanol–water partition coefficient (Wildman–Crippen LogP) is -0.874. The molecule has 1 aliphatic heterocycles.